The number of hydrogen-bond acceptors (Lipinski definition) is 7. The van der Waals surface area contributed by atoms with E-state index >= 15 is 0 Å². The highest BCUT2D eigenvalue weighted by atomic mass is 16.5. The van der Waals surface area contributed by atoms with Crippen LogP contribution in [0.15, 0.2) is 66.8 Å². The Balaban J connectivity index is 1.70. The molecule has 2 aromatic carbocycles. The molecule has 2 heterocycles. The van der Waals surface area contributed by atoms with Crippen LogP contribution in [0.4, 0.5) is 0 Å². The maximum absolute atomic E-state index is 13.3. The lowest BCUT2D eigenvalue weighted by atomic mass is 9.95. The van der Waals surface area contributed by atoms with Gasteiger partial charge in [-0.05, 0) is 36.2 Å². The number of nitrogens with zero attached hydrogens (tertiary/aromatic N) is 2. The molecule has 0 bridgehead atoms. The predicted molar refractivity (Wildman–Crippen MR) is 141 cm³/mol. The van der Waals surface area contributed by atoms with Crippen molar-refractivity contribution in [3.63, 3.8) is 0 Å². The first-order valence-corrected chi connectivity index (χ1v) is 12.7. The molecule has 2 aliphatic rings. The molecule has 4 rings (SSSR count). The van der Waals surface area contributed by atoms with E-state index in [4.69, 9.17) is 14.2 Å². The molecule has 8 heteroatoms. The van der Waals surface area contributed by atoms with Crippen molar-refractivity contribution in [1.29, 1.82) is 0 Å². The lowest BCUT2D eigenvalue weighted by molar-refractivity contribution is -0.140. The molecule has 1 amide bonds. The van der Waals surface area contributed by atoms with Crippen LogP contribution < -0.4 is 9.47 Å². The Morgan fingerprint density at radius 1 is 1.08 bits per heavy atom. The summed E-state index contributed by atoms with van der Waals surface area (Å²) in [5, 5.41) is 11.4. The van der Waals surface area contributed by atoms with Crippen LogP contribution in [0.3, 0.4) is 0 Å². The van der Waals surface area contributed by atoms with E-state index in [2.05, 4.69) is 11.5 Å². The number of aliphatic hydroxyl groups excluding tert-OH is 1. The van der Waals surface area contributed by atoms with Crippen LogP contribution in [0.1, 0.15) is 30.5 Å². The van der Waals surface area contributed by atoms with E-state index in [1.54, 1.807) is 47.4 Å². The molecule has 0 aromatic heterocycles. The van der Waals surface area contributed by atoms with Crippen LogP contribution in [0.25, 0.3) is 5.76 Å². The average Bonchev–Trinajstić information content (AvgIpc) is 3.19. The summed E-state index contributed by atoms with van der Waals surface area (Å²) in [6.07, 6.45) is 2.50. The van der Waals surface area contributed by atoms with Crippen LogP contribution in [-0.4, -0.2) is 79.2 Å². The third-order valence-electron chi connectivity index (χ3n) is 6.44. The third kappa shape index (κ3) is 6.21. The first-order chi connectivity index (χ1) is 18.0. The number of carbonyl (C=O) groups is 2. The van der Waals surface area contributed by atoms with E-state index in [0.717, 1.165) is 19.5 Å². The maximum atomic E-state index is 13.3. The molecule has 0 aliphatic carbocycles. The van der Waals surface area contributed by atoms with E-state index in [1.165, 1.54) is 0 Å². The van der Waals surface area contributed by atoms with Gasteiger partial charge in [0.15, 0.2) is 0 Å². The molecule has 2 aromatic rings. The van der Waals surface area contributed by atoms with Crippen LogP contribution in [0, 0.1) is 0 Å². The van der Waals surface area contributed by atoms with Crippen LogP contribution in [0.2, 0.25) is 0 Å². The van der Waals surface area contributed by atoms with Gasteiger partial charge in [-0.25, -0.2) is 0 Å². The fourth-order valence-corrected chi connectivity index (χ4v) is 4.54. The number of ketones is 1. The van der Waals surface area contributed by atoms with Gasteiger partial charge < -0.3 is 24.2 Å². The zero-order chi connectivity index (χ0) is 26.2. The van der Waals surface area contributed by atoms with Crippen LogP contribution >= 0.6 is 0 Å². The first-order valence-electron chi connectivity index (χ1n) is 12.7. The fourth-order valence-electron chi connectivity index (χ4n) is 4.54. The molecular weight excluding hydrogens is 472 g/mol. The Morgan fingerprint density at radius 3 is 2.54 bits per heavy atom. The van der Waals surface area contributed by atoms with Gasteiger partial charge in [-0.15, -0.1) is 0 Å². The SMILES string of the molecule is C=CCOc1ccc(C2C(=C(O)c3cccc(OCCC)c3)C(=O)C(=O)N2CCN2CCOCC2)cc1. The Labute approximate surface area is 217 Å². The number of benzene rings is 2. The second-order valence-corrected chi connectivity index (χ2v) is 8.99. The summed E-state index contributed by atoms with van der Waals surface area (Å²) in [7, 11) is 0. The Kier molecular flexibility index (Phi) is 8.98. The molecule has 2 saturated heterocycles. The average molecular weight is 507 g/mol. The van der Waals surface area contributed by atoms with Crippen molar-refractivity contribution in [2.75, 3.05) is 52.6 Å². The van der Waals surface area contributed by atoms with Gasteiger partial charge >= 0.3 is 0 Å². The zero-order valence-electron chi connectivity index (χ0n) is 21.2. The summed E-state index contributed by atoms with van der Waals surface area (Å²) >= 11 is 0. The molecule has 0 radical (unpaired) electrons. The number of ether oxygens (including phenoxy) is 3. The molecule has 0 saturated carbocycles. The maximum Gasteiger partial charge on any atom is 0.295 e. The minimum absolute atomic E-state index is 0.0689. The molecule has 0 spiro atoms. The van der Waals surface area contributed by atoms with Gasteiger partial charge in [0.2, 0.25) is 0 Å². The number of likely N-dealkylation sites (tertiary alicyclic amines) is 1. The highest BCUT2D eigenvalue weighted by Crippen LogP contribution is 2.40. The van der Waals surface area contributed by atoms with Crippen molar-refractivity contribution < 1.29 is 28.9 Å². The van der Waals surface area contributed by atoms with Gasteiger partial charge in [0.1, 0.15) is 23.9 Å². The molecule has 2 fully saturated rings. The quantitative estimate of drug-likeness (QED) is 0.215. The number of rotatable bonds is 11. The molecule has 2 aliphatic heterocycles. The summed E-state index contributed by atoms with van der Waals surface area (Å²) in [6.45, 7) is 10.4. The van der Waals surface area contributed by atoms with E-state index in [-0.39, 0.29) is 11.3 Å². The summed E-state index contributed by atoms with van der Waals surface area (Å²) in [4.78, 5) is 30.3. The predicted octanol–water partition coefficient (Wildman–Crippen LogP) is 3.79. The standard InChI is InChI=1S/C29H34N2O6/c1-3-16-36-23-10-8-21(9-11-23)26-25(27(32)22-6-5-7-24(20-22)37-17-4-2)28(33)29(34)31(26)13-12-30-14-18-35-19-15-30/h3,5-11,20,26,32H,1,4,12-19H2,2H3. The molecule has 1 atom stereocenters. The van der Waals surface area contributed by atoms with Gasteiger partial charge in [-0.2, -0.15) is 0 Å². The fraction of sp³-hybridized carbons (Fsp3) is 0.379. The van der Waals surface area contributed by atoms with Gasteiger partial charge in [0, 0.05) is 31.7 Å². The van der Waals surface area contributed by atoms with Gasteiger partial charge in [-0.3, -0.25) is 14.5 Å². The minimum atomic E-state index is -0.727. The van der Waals surface area contributed by atoms with Gasteiger partial charge in [-0.1, -0.05) is 43.8 Å². The smallest absolute Gasteiger partial charge is 0.295 e. The van der Waals surface area contributed by atoms with E-state index in [0.29, 0.717) is 62.1 Å². The highest BCUT2D eigenvalue weighted by molar-refractivity contribution is 6.46. The molecule has 8 nitrogen and oxygen atoms in total. The van der Waals surface area contributed by atoms with Gasteiger partial charge in [0.05, 0.1) is 31.4 Å². The van der Waals surface area contributed by atoms with E-state index in [9.17, 15) is 14.7 Å². The van der Waals surface area contributed by atoms with Crippen LogP contribution in [-0.2, 0) is 14.3 Å². The summed E-state index contributed by atoms with van der Waals surface area (Å²) in [5.74, 6) is -0.296. The number of hydrogen-bond donors (Lipinski definition) is 1. The van der Waals surface area contributed by atoms with Crippen molar-refractivity contribution in [3.05, 3.63) is 77.9 Å². The Bertz CT molecular complexity index is 1140. The normalized spacial score (nSPS) is 19.7. The third-order valence-corrected chi connectivity index (χ3v) is 6.44. The topological polar surface area (TPSA) is 88.5 Å². The lowest BCUT2D eigenvalue weighted by Gasteiger charge is -2.31. The lowest BCUT2D eigenvalue weighted by Crippen LogP contribution is -2.42. The number of morpholine rings is 1. The number of carbonyl (C=O) groups excluding carboxylic acids is 2. The minimum Gasteiger partial charge on any atom is -0.507 e. The molecule has 1 unspecified atom stereocenters. The van der Waals surface area contributed by atoms with Crippen molar-refractivity contribution in [2.24, 2.45) is 0 Å². The van der Waals surface area contributed by atoms with E-state index in [1.807, 2.05) is 19.1 Å². The Morgan fingerprint density at radius 2 is 1.84 bits per heavy atom. The van der Waals surface area contributed by atoms with Crippen LogP contribution in [0.5, 0.6) is 11.5 Å². The molecular formula is C29H34N2O6. The summed E-state index contributed by atoms with van der Waals surface area (Å²) < 4.78 is 16.7. The second-order valence-electron chi connectivity index (χ2n) is 8.99. The molecule has 196 valence electrons. The molecule has 37 heavy (non-hydrogen) atoms. The summed E-state index contributed by atoms with van der Waals surface area (Å²) in [5.41, 5.74) is 1.21. The monoisotopic (exact) mass is 506 g/mol. The number of Topliss-reactive ketones (excluding diaryl/α,β-unsaturated/α-hetero) is 1. The summed E-state index contributed by atoms with van der Waals surface area (Å²) in [6, 6.07) is 13.5. The largest absolute Gasteiger partial charge is 0.507 e. The van der Waals surface area contributed by atoms with Crippen molar-refractivity contribution in [2.45, 2.75) is 19.4 Å². The van der Waals surface area contributed by atoms with Crippen molar-refractivity contribution in [3.8, 4) is 11.5 Å². The number of aliphatic hydroxyl groups is 1. The van der Waals surface area contributed by atoms with Crippen molar-refractivity contribution in [1.82, 2.24) is 9.80 Å². The van der Waals surface area contributed by atoms with Gasteiger partial charge in [0.25, 0.3) is 11.7 Å². The highest BCUT2D eigenvalue weighted by Gasteiger charge is 2.46. The van der Waals surface area contributed by atoms with E-state index < -0.39 is 17.7 Å². The second kappa shape index (κ2) is 12.6. The molecule has 1 N–H and O–H groups in total. The number of amides is 1. The Hall–Kier alpha value is -3.62. The van der Waals surface area contributed by atoms with Crippen molar-refractivity contribution >= 4 is 17.4 Å². The first kappa shape index (κ1) is 26.4. The zero-order valence-corrected chi connectivity index (χ0v) is 21.2.